The van der Waals surface area contributed by atoms with Gasteiger partial charge in [-0.3, -0.25) is 4.90 Å². The van der Waals surface area contributed by atoms with Crippen molar-refractivity contribution in [2.75, 3.05) is 26.7 Å². The van der Waals surface area contributed by atoms with Crippen molar-refractivity contribution >= 4 is 0 Å². The second-order valence-electron chi connectivity index (χ2n) is 7.15. The molecule has 2 nitrogen and oxygen atoms in total. The summed E-state index contributed by atoms with van der Waals surface area (Å²) in [6, 6.07) is 22.3. The third-order valence-electron chi connectivity index (χ3n) is 5.73. The van der Waals surface area contributed by atoms with E-state index in [9.17, 15) is 0 Å². The molecule has 2 aromatic rings. The molecule has 1 N–H and O–H groups in total. The van der Waals surface area contributed by atoms with Crippen molar-refractivity contribution in [3.05, 3.63) is 83.9 Å². The SMILES string of the molecule is CCN(CCNC)C(c1ccccc1)(c1ccccc1)C1C=CCCC1. The molecule has 0 fully saturated rings. The summed E-state index contributed by atoms with van der Waals surface area (Å²) in [4.78, 5) is 2.68. The molecule has 3 rings (SSSR count). The standard InChI is InChI=1S/C24H32N2/c1-3-26(20-19-25-2)24(21-13-7-4-8-14-21,22-15-9-5-10-16-22)23-17-11-6-12-18-23/h4-5,7-11,13-17,23,25H,3,6,12,18-20H2,1-2H3. The van der Waals surface area contributed by atoms with Gasteiger partial charge in [-0.1, -0.05) is 79.7 Å². The molecule has 26 heavy (non-hydrogen) atoms. The van der Waals surface area contributed by atoms with Crippen molar-refractivity contribution in [1.29, 1.82) is 0 Å². The fourth-order valence-corrected chi connectivity index (χ4v) is 4.57. The van der Waals surface area contributed by atoms with Gasteiger partial charge in [-0.25, -0.2) is 0 Å². The lowest BCUT2D eigenvalue weighted by molar-refractivity contribution is 0.0819. The van der Waals surface area contributed by atoms with Gasteiger partial charge in [-0.05, 0) is 44.0 Å². The van der Waals surface area contributed by atoms with Crippen LogP contribution >= 0.6 is 0 Å². The predicted molar refractivity (Wildman–Crippen MR) is 111 cm³/mol. The van der Waals surface area contributed by atoms with E-state index in [1.165, 1.54) is 30.4 Å². The first-order valence-corrected chi connectivity index (χ1v) is 10.0. The monoisotopic (exact) mass is 348 g/mol. The molecule has 2 heteroatoms. The molecule has 1 aliphatic rings. The van der Waals surface area contributed by atoms with Crippen LogP contribution in [0.4, 0.5) is 0 Å². The van der Waals surface area contributed by atoms with Crippen LogP contribution in [0, 0.1) is 5.92 Å². The zero-order valence-corrected chi connectivity index (χ0v) is 16.2. The Balaban J connectivity index is 2.22. The molecule has 0 radical (unpaired) electrons. The van der Waals surface area contributed by atoms with Crippen molar-refractivity contribution in [2.45, 2.75) is 31.7 Å². The average Bonchev–Trinajstić information content (AvgIpc) is 2.73. The molecule has 0 aliphatic heterocycles. The van der Waals surface area contributed by atoms with Crippen LogP contribution in [0.25, 0.3) is 0 Å². The molecule has 0 saturated heterocycles. The number of allylic oxidation sites excluding steroid dienone is 1. The molecule has 0 spiro atoms. The van der Waals surface area contributed by atoms with E-state index in [1.54, 1.807) is 0 Å². The van der Waals surface area contributed by atoms with E-state index in [2.05, 4.69) is 90.0 Å². The first kappa shape index (κ1) is 18.9. The van der Waals surface area contributed by atoms with E-state index in [-0.39, 0.29) is 5.54 Å². The van der Waals surface area contributed by atoms with Gasteiger partial charge in [0.05, 0.1) is 5.54 Å². The summed E-state index contributed by atoms with van der Waals surface area (Å²) < 4.78 is 0. The minimum absolute atomic E-state index is 0.120. The summed E-state index contributed by atoms with van der Waals surface area (Å²) in [5, 5.41) is 3.35. The van der Waals surface area contributed by atoms with Gasteiger partial charge >= 0.3 is 0 Å². The van der Waals surface area contributed by atoms with Gasteiger partial charge in [-0.2, -0.15) is 0 Å². The second kappa shape index (κ2) is 9.16. The Morgan fingerprint density at radius 1 is 1.00 bits per heavy atom. The Bertz CT molecular complexity index is 638. The minimum Gasteiger partial charge on any atom is -0.318 e. The number of hydrogen-bond acceptors (Lipinski definition) is 2. The highest BCUT2D eigenvalue weighted by atomic mass is 15.2. The molecule has 0 aromatic heterocycles. The van der Waals surface area contributed by atoms with Crippen LogP contribution in [0.5, 0.6) is 0 Å². The zero-order valence-electron chi connectivity index (χ0n) is 16.2. The van der Waals surface area contributed by atoms with E-state index < -0.39 is 0 Å². The smallest absolute Gasteiger partial charge is 0.0779 e. The van der Waals surface area contributed by atoms with Gasteiger partial charge in [0.25, 0.3) is 0 Å². The maximum atomic E-state index is 3.35. The topological polar surface area (TPSA) is 15.3 Å². The molecule has 1 aliphatic carbocycles. The van der Waals surface area contributed by atoms with Crippen molar-refractivity contribution in [1.82, 2.24) is 10.2 Å². The molecule has 138 valence electrons. The quantitative estimate of drug-likeness (QED) is 0.688. The summed E-state index contributed by atoms with van der Waals surface area (Å²) in [5.74, 6) is 0.484. The molecule has 2 aromatic carbocycles. The fraction of sp³-hybridized carbons (Fsp3) is 0.417. The predicted octanol–water partition coefficient (Wildman–Crippen LogP) is 4.83. The van der Waals surface area contributed by atoms with E-state index >= 15 is 0 Å². The van der Waals surface area contributed by atoms with Crippen molar-refractivity contribution in [2.24, 2.45) is 5.92 Å². The van der Waals surface area contributed by atoms with Crippen LogP contribution in [0.3, 0.4) is 0 Å². The Morgan fingerprint density at radius 3 is 2.08 bits per heavy atom. The van der Waals surface area contributed by atoms with E-state index in [1.807, 2.05) is 7.05 Å². The first-order chi connectivity index (χ1) is 12.8. The number of benzene rings is 2. The van der Waals surface area contributed by atoms with Crippen LogP contribution < -0.4 is 5.32 Å². The second-order valence-corrected chi connectivity index (χ2v) is 7.15. The molecule has 0 amide bonds. The van der Waals surface area contributed by atoms with Crippen LogP contribution in [0.15, 0.2) is 72.8 Å². The zero-order chi connectivity index (χ0) is 18.2. The summed E-state index contributed by atoms with van der Waals surface area (Å²) in [5.41, 5.74) is 2.69. The third-order valence-corrected chi connectivity index (χ3v) is 5.73. The Hall–Kier alpha value is -1.90. The maximum Gasteiger partial charge on any atom is 0.0779 e. The van der Waals surface area contributed by atoms with Crippen LogP contribution in [0.1, 0.15) is 37.3 Å². The lowest BCUT2D eigenvalue weighted by Crippen LogP contribution is -2.53. The van der Waals surface area contributed by atoms with Crippen LogP contribution in [-0.4, -0.2) is 31.6 Å². The average molecular weight is 349 g/mol. The van der Waals surface area contributed by atoms with Gasteiger partial charge in [0.1, 0.15) is 0 Å². The number of likely N-dealkylation sites (N-methyl/N-ethyl adjacent to an activating group) is 2. The number of rotatable bonds is 8. The van der Waals surface area contributed by atoms with E-state index in [0.717, 1.165) is 19.6 Å². The normalized spacial score (nSPS) is 17.6. The highest BCUT2D eigenvalue weighted by Crippen LogP contribution is 2.46. The minimum atomic E-state index is -0.120. The lowest BCUT2D eigenvalue weighted by Gasteiger charge is -2.50. The van der Waals surface area contributed by atoms with Gasteiger partial charge in [0.15, 0.2) is 0 Å². The van der Waals surface area contributed by atoms with Gasteiger partial charge in [0, 0.05) is 19.0 Å². The molecule has 1 atom stereocenters. The molecule has 0 heterocycles. The Labute approximate surface area is 158 Å². The largest absolute Gasteiger partial charge is 0.318 e. The molecular formula is C24H32N2. The lowest BCUT2D eigenvalue weighted by atomic mass is 9.68. The Morgan fingerprint density at radius 2 is 1.62 bits per heavy atom. The number of hydrogen-bond donors (Lipinski definition) is 1. The summed E-state index contributed by atoms with van der Waals surface area (Å²) >= 11 is 0. The number of nitrogens with zero attached hydrogens (tertiary/aromatic N) is 1. The maximum absolute atomic E-state index is 3.35. The third kappa shape index (κ3) is 3.62. The van der Waals surface area contributed by atoms with Gasteiger partial charge in [-0.15, -0.1) is 0 Å². The van der Waals surface area contributed by atoms with Crippen molar-refractivity contribution in [3.63, 3.8) is 0 Å². The highest BCUT2D eigenvalue weighted by Gasteiger charge is 2.45. The van der Waals surface area contributed by atoms with Gasteiger partial charge < -0.3 is 5.32 Å². The molecule has 1 unspecified atom stereocenters. The summed E-state index contributed by atoms with van der Waals surface area (Å²) in [7, 11) is 2.04. The van der Waals surface area contributed by atoms with Gasteiger partial charge in [0.2, 0.25) is 0 Å². The highest BCUT2D eigenvalue weighted by molar-refractivity contribution is 5.41. The van der Waals surface area contributed by atoms with E-state index in [0.29, 0.717) is 5.92 Å². The Kier molecular flexibility index (Phi) is 6.65. The van der Waals surface area contributed by atoms with Crippen molar-refractivity contribution < 1.29 is 0 Å². The summed E-state index contributed by atoms with van der Waals surface area (Å²) in [6.45, 7) is 5.34. The molecule has 0 bridgehead atoms. The number of nitrogens with one attached hydrogen (secondary N) is 1. The van der Waals surface area contributed by atoms with Crippen molar-refractivity contribution in [3.8, 4) is 0 Å². The molecular weight excluding hydrogens is 316 g/mol. The molecule has 0 saturated carbocycles. The van der Waals surface area contributed by atoms with E-state index in [4.69, 9.17) is 0 Å². The van der Waals surface area contributed by atoms with Crippen LogP contribution in [0.2, 0.25) is 0 Å². The first-order valence-electron chi connectivity index (χ1n) is 10.0. The fourth-order valence-electron chi connectivity index (χ4n) is 4.57. The van der Waals surface area contributed by atoms with Crippen LogP contribution in [-0.2, 0) is 5.54 Å². The summed E-state index contributed by atoms with van der Waals surface area (Å²) in [6.07, 6.45) is 8.58.